The standard InChI is InChI=1S/C19H19ClN2O4/c1-12(16-5-3-4-6-17(16)20)21-18(24)11-26-19(25)14-7-9-15(10-8-14)22-13(2)23/h3-10,12H,11H2,1-2H3,(H,21,24)(H,22,23)/t12-/m0/s1. The van der Waals surface area contributed by atoms with Gasteiger partial charge in [-0.3, -0.25) is 9.59 Å². The van der Waals surface area contributed by atoms with E-state index in [1.165, 1.54) is 19.1 Å². The van der Waals surface area contributed by atoms with Crippen LogP contribution in [0.3, 0.4) is 0 Å². The minimum Gasteiger partial charge on any atom is -0.452 e. The third-order valence-corrected chi connectivity index (χ3v) is 3.87. The number of halogens is 1. The van der Waals surface area contributed by atoms with Crippen molar-refractivity contribution in [2.75, 3.05) is 11.9 Å². The van der Waals surface area contributed by atoms with Crippen LogP contribution in [0.2, 0.25) is 5.02 Å². The van der Waals surface area contributed by atoms with Crippen molar-refractivity contribution >= 4 is 35.1 Å². The molecule has 0 saturated carbocycles. The molecule has 0 unspecified atom stereocenters. The van der Waals surface area contributed by atoms with E-state index in [1.54, 1.807) is 31.2 Å². The van der Waals surface area contributed by atoms with Crippen molar-refractivity contribution in [1.29, 1.82) is 0 Å². The number of hydrogen-bond donors (Lipinski definition) is 2. The number of rotatable bonds is 6. The molecule has 7 heteroatoms. The minimum absolute atomic E-state index is 0.204. The molecule has 2 rings (SSSR count). The molecule has 136 valence electrons. The molecule has 0 heterocycles. The van der Waals surface area contributed by atoms with Crippen molar-refractivity contribution in [3.05, 3.63) is 64.7 Å². The normalized spacial score (nSPS) is 11.3. The molecule has 2 aromatic carbocycles. The fourth-order valence-electron chi connectivity index (χ4n) is 2.29. The Labute approximate surface area is 156 Å². The topological polar surface area (TPSA) is 84.5 Å². The van der Waals surface area contributed by atoms with Gasteiger partial charge in [0, 0.05) is 17.6 Å². The van der Waals surface area contributed by atoms with Crippen molar-refractivity contribution in [2.24, 2.45) is 0 Å². The van der Waals surface area contributed by atoms with Gasteiger partial charge in [0.2, 0.25) is 5.91 Å². The number of ether oxygens (including phenoxy) is 1. The Kier molecular flexibility index (Phi) is 6.74. The summed E-state index contributed by atoms with van der Waals surface area (Å²) < 4.78 is 5.01. The van der Waals surface area contributed by atoms with E-state index in [-0.39, 0.29) is 17.5 Å². The number of esters is 1. The zero-order valence-corrected chi connectivity index (χ0v) is 15.2. The summed E-state index contributed by atoms with van der Waals surface area (Å²) in [7, 11) is 0. The second kappa shape index (κ2) is 9.01. The summed E-state index contributed by atoms with van der Waals surface area (Å²) in [5.41, 5.74) is 1.63. The predicted molar refractivity (Wildman–Crippen MR) is 99.0 cm³/mol. The van der Waals surface area contributed by atoms with Crippen LogP contribution < -0.4 is 10.6 Å². The molecule has 0 fully saturated rings. The van der Waals surface area contributed by atoms with E-state index in [0.29, 0.717) is 10.7 Å². The molecule has 0 aliphatic carbocycles. The van der Waals surface area contributed by atoms with Crippen LogP contribution in [0.4, 0.5) is 5.69 Å². The Bertz CT molecular complexity index is 805. The number of carbonyl (C=O) groups is 3. The van der Waals surface area contributed by atoms with Crippen LogP contribution in [0.5, 0.6) is 0 Å². The summed E-state index contributed by atoms with van der Waals surface area (Å²) in [5.74, 6) is -1.26. The molecule has 2 amide bonds. The van der Waals surface area contributed by atoms with Crippen LogP contribution in [0.15, 0.2) is 48.5 Å². The van der Waals surface area contributed by atoms with E-state index in [4.69, 9.17) is 16.3 Å². The molecule has 0 spiro atoms. The van der Waals surface area contributed by atoms with Gasteiger partial charge in [-0.25, -0.2) is 4.79 Å². The first-order valence-corrected chi connectivity index (χ1v) is 8.33. The predicted octanol–water partition coefficient (Wildman–Crippen LogP) is 3.33. The van der Waals surface area contributed by atoms with Crippen LogP contribution in [-0.2, 0) is 14.3 Å². The molecular formula is C19H19ClN2O4. The highest BCUT2D eigenvalue weighted by molar-refractivity contribution is 6.31. The van der Waals surface area contributed by atoms with E-state index in [1.807, 2.05) is 12.1 Å². The van der Waals surface area contributed by atoms with Crippen molar-refractivity contribution < 1.29 is 19.1 Å². The highest BCUT2D eigenvalue weighted by Gasteiger charge is 2.14. The second-order valence-electron chi connectivity index (χ2n) is 5.65. The van der Waals surface area contributed by atoms with E-state index < -0.39 is 18.5 Å². The van der Waals surface area contributed by atoms with Gasteiger partial charge in [0.1, 0.15) is 0 Å². The van der Waals surface area contributed by atoms with E-state index in [2.05, 4.69) is 10.6 Å². The quantitative estimate of drug-likeness (QED) is 0.759. The average molecular weight is 375 g/mol. The van der Waals surface area contributed by atoms with Gasteiger partial charge in [-0.2, -0.15) is 0 Å². The van der Waals surface area contributed by atoms with Crippen LogP contribution in [0.25, 0.3) is 0 Å². The minimum atomic E-state index is -0.625. The van der Waals surface area contributed by atoms with Crippen LogP contribution in [0.1, 0.15) is 35.8 Å². The van der Waals surface area contributed by atoms with Gasteiger partial charge in [0.15, 0.2) is 6.61 Å². The third-order valence-electron chi connectivity index (χ3n) is 3.52. The van der Waals surface area contributed by atoms with Crippen LogP contribution in [-0.4, -0.2) is 24.4 Å². The van der Waals surface area contributed by atoms with Crippen molar-refractivity contribution in [3.63, 3.8) is 0 Å². The molecule has 0 aliphatic rings. The van der Waals surface area contributed by atoms with Gasteiger partial charge < -0.3 is 15.4 Å². The van der Waals surface area contributed by atoms with Crippen molar-refractivity contribution in [2.45, 2.75) is 19.9 Å². The van der Waals surface area contributed by atoms with Crippen molar-refractivity contribution in [1.82, 2.24) is 5.32 Å². The summed E-state index contributed by atoms with van der Waals surface area (Å²) in [5, 5.41) is 5.88. The molecule has 6 nitrogen and oxygen atoms in total. The number of anilines is 1. The fraction of sp³-hybridized carbons (Fsp3) is 0.211. The van der Waals surface area contributed by atoms with E-state index in [9.17, 15) is 14.4 Å². The first-order chi connectivity index (χ1) is 12.4. The van der Waals surface area contributed by atoms with Gasteiger partial charge in [-0.15, -0.1) is 0 Å². The maximum Gasteiger partial charge on any atom is 0.338 e. The maximum atomic E-state index is 12.0. The molecule has 1 atom stereocenters. The van der Waals surface area contributed by atoms with Gasteiger partial charge >= 0.3 is 5.97 Å². The summed E-state index contributed by atoms with van der Waals surface area (Å²) in [4.78, 5) is 34.9. The number of amides is 2. The molecule has 0 bridgehead atoms. The maximum absolute atomic E-state index is 12.0. The lowest BCUT2D eigenvalue weighted by Crippen LogP contribution is -2.31. The Balaban J connectivity index is 1.85. The SMILES string of the molecule is CC(=O)Nc1ccc(C(=O)OCC(=O)N[C@@H](C)c2ccccc2Cl)cc1. The lowest BCUT2D eigenvalue weighted by Gasteiger charge is -2.15. The molecule has 2 N–H and O–H groups in total. The molecule has 0 aromatic heterocycles. The largest absolute Gasteiger partial charge is 0.452 e. The second-order valence-corrected chi connectivity index (χ2v) is 6.05. The number of hydrogen-bond acceptors (Lipinski definition) is 4. The van der Waals surface area contributed by atoms with Crippen LogP contribution >= 0.6 is 11.6 Å². The fourth-order valence-corrected chi connectivity index (χ4v) is 2.59. The van der Waals surface area contributed by atoms with E-state index in [0.717, 1.165) is 5.56 Å². The summed E-state index contributed by atoms with van der Waals surface area (Å²) in [6.45, 7) is 2.78. The zero-order chi connectivity index (χ0) is 19.1. The third kappa shape index (κ3) is 5.60. The van der Waals surface area contributed by atoms with Gasteiger partial charge in [-0.1, -0.05) is 29.8 Å². The Morgan fingerprint density at radius 3 is 2.35 bits per heavy atom. The summed E-state index contributed by atoms with van der Waals surface area (Å²) in [6, 6.07) is 13.1. The number of benzene rings is 2. The number of carbonyl (C=O) groups excluding carboxylic acids is 3. The Morgan fingerprint density at radius 1 is 1.08 bits per heavy atom. The number of nitrogens with one attached hydrogen (secondary N) is 2. The lowest BCUT2D eigenvalue weighted by molar-refractivity contribution is -0.124. The Morgan fingerprint density at radius 2 is 1.73 bits per heavy atom. The lowest BCUT2D eigenvalue weighted by atomic mass is 10.1. The smallest absolute Gasteiger partial charge is 0.338 e. The first kappa shape index (κ1) is 19.5. The van der Waals surface area contributed by atoms with Crippen LogP contribution in [0, 0.1) is 0 Å². The van der Waals surface area contributed by atoms with Gasteiger partial charge in [-0.05, 0) is 42.8 Å². The first-order valence-electron chi connectivity index (χ1n) is 7.95. The van der Waals surface area contributed by atoms with E-state index >= 15 is 0 Å². The molecular weight excluding hydrogens is 356 g/mol. The zero-order valence-electron chi connectivity index (χ0n) is 14.4. The average Bonchev–Trinajstić information content (AvgIpc) is 2.60. The molecule has 0 saturated heterocycles. The molecule has 0 radical (unpaired) electrons. The van der Waals surface area contributed by atoms with Gasteiger partial charge in [0.05, 0.1) is 11.6 Å². The molecule has 0 aliphatic heterocycles. The molecule has 26 heavy (non-hydrogen) atoms. The monoisotopic (exact) mass is 374 g/mol. The molecule has 2 aromatic rings. The van der Waals surface area contributed by atoms with Gasteiger partial charge in [0.25, 0.3) is 5.91 Å². The highest BCUT2D eigenvalue weighted by Crippen LogP contribution is 2.21. The Hall–Kier alpha value is -2.86. The van der Waals surface area contributed by atoms with Crippen molar-refractivity contribution in [3.8, 4) is 0 Å². The summed E-state index contributed by atoms with van der Waals surface area (Å²) in [6.07, 6.45) is 0. The highest BCUT2D eigenvalue weighted by atomic mass is 35.5. The summed E-state index contributed by atoms with van der Waals surface area (Å²) >= 11 is 6.09.